The first-order chi connectivity index (χ1) is 7.34. The molecule has 3 heteroatoms. The molecule has 0 saturated heterocycles. The lowest BCUT2D eigenvalue weighted by atomic mass is 10.1. The summed E-state index contributed by atoms with van der Waals surface area (Å²) in [6.45, 7) is 4.65. The Kier molecular flexibility index (Phi) is 6.08. The van der Waals surface area contributed by atoms with Gasteiger partial charge in [0.05, 0.1) is 5.57 Å². The SMILES string of the molecule is CC(=O)C(=C/C(C)=C/C=C/N(C)C)C(C)=O. The minimum Gasteiger partial charge on any atom is -0.383 e. The van der Waals surface area contributed by atoms with Crippen LogP contribution in [0.5, 0.6) is 0 Å². The largest absolute Gasteiger partial charge is 0.383 e. The van der Waals surface area contributed by atoms with Crippen LogP contribution in [0, 0.1) is 0 Å². The van der Waals surface area contributed by atoms with Crippen molar-refractivity contribution in [2.45, 2.75) is 20.8 Å². The molecule has 0 fully saturated rings. The summed E-state index contributed by atoms with van der Waals surface area (Å²) < 4.78 is 0. The molecule has 0 radical (unpaired) electrons. The summed E-state index contributed by atoms with van der Waals surface area (Å²) in [6, 6.07) is 0. The van der Waals surface area contributed by atoms with Gasteiger partial charge in [0.1, 0.15) is 0 Å². The van der Waals surface area contributed by atoms with Crippen molar-refractivity contribution >= 4 is 11.6 Å². The molecule has 0 aliphatic heterocycles. The molecule has 0 N–H and O–H groups in total. The molecule has 0 aliphatic rings. The Bertz CT molecular complexity index is 344. The highest BCUT2D eigenvalue weighted by molar-refractivity contribution is 6.18. The van der Waals surface area contributed by atoms with E-state index in [1.54, 1.807) is 6.08 Å². The molecule has 0 rings (SSSR count). The predicted octanol–water partition coefficient (Wildman–Crippen LogP) is 2.11. The molecule has 88 valence electrons. The minimum atomic E-state index is -0.197. The van der Waals surface area contributed by atoms with E-state index in [1.165, 1.54) is 13.8 Å². The van der Waals surface area contributed by atoms with Gasteiger partial charge in [-0.3, -0.25) is 9.59 Å². The zero-order chi connectivity index (χ0) is 12.7. The standard InChI is InChI=1S/C13H19NO2/c1-10(7-6-8-14(4)5)9-13(11(2)15)12(3)16/h6-9H,1-5H3/b8-6+,10-7+. The smallest absolute Gasteiger partial charge is 0.163 e. The van der Waals surface area contributed by atoms with Crippen molar-refractivity contribution in [3.63, 3.8) is 0 Å². The lowest BCUT2D eigenvalue weighted by Gasteiger charge is -2.01. The van der Waals surface area contributed by atoms with Gasteiger partial charge in [-0.25, -0.2) is 0 Å². The molecule has 0 unspecified atom stereocenters. The number of allylic oxidation sites excluding steroid dienone is 5. The molecule has 0 aromatic rings. The number of rotatable bonds is 5. The second-order valence-electron chi connectivity index (χ2n) is 3.89. The van der Waals surface area contributed by atoms with Crippen LogP contribution in [0.15, 0.2) is 35.6 Å². The number of nitrogens with zero attached hydrogens (tertiary/aromatic N) is 1. The first kappa shape index (κ1) is 14.4. The number of ketones is 2. The number of Topliss-reactive ketones (excluding diaryl/α,β-unsaturated/α-hetero) is 2. The third kappa shape index (κ3) is 5.96. The van der Waals surface area contributed by atoms with Crippen LogP contribution >= 0.6 is 0 Å². The Hall–Kier alpha value is -1.64. The van der Waals surface area contributed by atoms with Gasteiger partial charge in [0, 0.05) is 14.1 Å². The molecule has 0 bridgehead atoms. The van der Waals surface area contributed by atoms with Gasteiger partial charge in [-0.2, -0.15) is 0 Å². The van der Waals surface area contributed by atoms with E-state index in [0.29, 0.717) is 0 Å². The van der Waals surface area contributed by atoms with E-state index in [4.69, 9.17) is 0 Å². The predicted molar refractivity (Wildman–Crippen MR) is 66.0 cm³/mol. The molecule has 0 saturated carbocycles. The van der Waals surface area contributed by atoms with Crippen molar-refractivity contribution in [3.05, 3.63) is 35.6 Å². The molecule has 0 heterocycles. The quantitative estimate of drug-likeness (QED) is 0.309. The lowest BCUT2D eigenvalue weighted by Crippen LogP contribution is -2.06. The van der Waals surface area contributed by atoms with Crippen LogP contribution < -0.4 is 0 Å². The summed E-state index contributed by atoms with van der Waals surface area (Å²) in [5, 5.41) is 0. The molecule has 0 amide bonds. The van der Waals surface area contributed by atoms with Gasteiger partial charge in [-0.15, -0.1) is 0 Å². The molecule has 3 nitrogen and oxygen atoms in total. The third-order valence-corrected chi connectivity index (χ3v) is 1.87. The Labute approximate surface area is 97.1 Å². The number of carbonyl (C=O) groups is 2. The average molecular weight is 221 g/mol. The van der Waals surface area contributed by atoms with Crippen LogP contribution in [-0.2, 0) is 9.59 Å². The van der Waals surface area contributed by atoms with Gasteiger partial charge >= 0.3 is 0 Å². The van der Waals surface area contributed by atoms with Crippen LogP contribution in [-0.4, -0.2) is 30.6 Å². The van der Waals surface area contributed by atoms with Crippen LogP contribution in [0.3, 0.4) is 0 Å². The molecular weight excluding hydrogens is 202 g/mol. The molecule has 0 spiro atoms. The molecule has 16 heavy (non-hydrogen) atoms. The number of hydrogen-bond donors (Lipinski definition) is 0. The Morgan fingerprint density at radius 2 is 1.50 bits per heavy atom. The monoisotopic (exact) mass is 221 g/mol. The van der Waals surface area contributed by atoms with Crippen LogP contribution in [0.4, 0.5) is 0 Å². The second-order valence-corrected chi connectivity index (χ2v) is 3.89. The maximum Gasteiger partial charge on any atom is 0.163 e. The van der Waals surface area contributed by atoms with E-state index in [9.17, 15) is 9.59 Å². The summed E-state index contributed by atoms with van der Waals surface area (Å²) in [5.74, 6) is -0.395. The second kappa shape index (κ2) is 6.77. The summed E-state index contributed by atoms with van der Waals surface area (Å²) >= 11 is 0. The molecule has 0 aromatic carbocycles. The van der Waals surface area contributed by atoms with Crippen molar-refractivity contribution in [1.29, 1.82) is 0 Å². The fourth-order valence-corrected chi connectivity index (χ4v) is 1.09. The fourth-order valence-electron chi connectivity index (χ4n) is 1.09. The first-order valence-electron chi connectivity index (χ1n) is 5.09. The zero-order valence-electron chi connectivity index (χ0n) is 10.6. The maximum atomic E-state index is 11.2. The third-order valence-electron chi connectivity index (χ3n) is 1.87. The Balaban J connectivity index is 4.85. The van der Waals surface area contributed by atoms with E-state index in [1.807, 2.05) is 44.3 Å². The minimum absolute atomic E-state index is 0.197. The van der Waals surface area contributed by atoms with Gasteiger partial charge in [0.25, 0.3) is 0 Å². The molecule has 0 atom stereocenters. The maximum absolute atomic E-state index is 11.2. The van der Waals surface area contributed by atoms with Gasteiger partial charge in [0.2, 0.25) is 0 Å². The molecule has 0 aromatic heterocycles. The zero-order valence-corrected chi connectivity index (χ0v) is 10.6. The van der Waals surface area contributed by atoms with E-state index < -0.39 is 0 Å². The highest BCUT2D eigenvalue weighted by atomic mass is 16.1. The van der Waals surface area contributed by atoms with Gasteiger partial charge in [-0.05, 0) is 39.1 Å². The van der Waals surface area contributed by atoms with Gasteiger partial charge in [0.15, 0.2) is 11.6 Å². The van der Waals surface area contributed by atoms with E-state index in [-0.39, 0.29) is 17.1 Å². The summed E-state index contributed by atoms with van der Waals surface area (Å²) in [5.41, 5.74) is 1.12. The topological polar surface area (TPSA) is 37.4 Å². The van der Waals surface area contributed by atoms with Gasteiger partial charge in [-0.1, -0.05) is 11.6 Å². The Morgan fingerprint density at radius 3 is 1.88 bits per heavy atom. The van der Waals surface area contributed by atoms with Crippen LogP contribution in [0.2, 0.25) is 0 Å². The number of carbonyl (C=O) groups excluding carboxylic acids is 2. The van der Waals surface area contributed by atoms with Crippen molar-refractivity contribution in [2.75, 3.05) is 14.1 Å². The average Bonchev–Trinajstić information content (AvgIpc) is 2.12. The van der Waals surface area contributed by atoms with E-state index in [0.717, 1.165) is 5.57 Å². The van der Waals surface area contributed by atoms with Crippen molar-refractivity contribution < 1.29 is 9.59 Å². The Morgan fingerprint density at radius 1 is 1.00 bits per heavy atom. The van der Waals surface area contributed by atoms with Crippen LogP contribution in [0.25, 0.3) is 0 Å². The van der Waals surface area contributed by atoms with Crippen LogP contribution in [0.1, 0.15) is 20.8 Å². The molecule has 0 aliphatic carbocycles. The van der Waals surface area contributed by atoms with Crippen molar-refractivity contribution in [1.82, 2.24) is 4.90 Å². The fraction of sp³-hybridized carbons (Fsp3) is 0.385. The molecular formula is C13H19NO2. The van der Waals surface area contributed by atoms with E-state index in [2.05, 4.69) is 0 Å². The van der Waals surface area contributed by atoms with Crippen molar-refractivity contribution in [3.8, 4) is 0 Å². The first-order valence-corrected chi connectivity index (χ1v) is 5.09. The van der Waals surface area contributed by atoms with E-state index >= 15 is 0 Å². The summed E-state index contributed by atoms with van der Waals surface area (Å²) in [4.78, 5) is 24.2. The van der Waals surface area contributed by atoms with Gasteiger partial charge < -0.3 is 4.90 Å². The highest BCUT2D eigenvalue weighted by Gasteiger charge is 2.08. The summed E-state index contributed by atoms with van der Waals surface area (Å²) in [6.07, 6.45) is 7.22. The van der Waals surface area contributed by atoms with Crippen molar-refractivity contribution in [2.24, 2.45) is 0 Å². The summed E-state index contributed by atoms with van der Waals surface area (Å²) in [7, 11) is 3.85. The number of hydrogen-bond acceptors (Lipinski definition) is 3. The highest BCUT2D eigenvalue weighted by Crippen LogP contribution is 2.05. The normalized spacial score (nSPS) is 11.4. The lowest BCUT2D eigenvalue weighted by molar-refractivity contribution is -0.119.